The van der Waals surface area contributed by atoms with Crippen molar-refractivity contribution < 1.29 is 9.53 Å². The summed E-state index contributed by atoms with van der Waals surface area (Å²) in [5, 5.41) is 1.72. The summed E-state index contributed by atoms with van der Waals surface area (Å²) in [6, 6.07) is 15.4. The Kier molecular flexibility index (Phi) is 5.04. The van der Waals surface area contributed by atoms with Crippen LogP contribution < -0.4 is 4.74 Å². The number of nitrogens with one attached hydrogen (secondary N) is 1. The summed E-state index contributed by atoms with van der Waals surface area (Å²) in [7, 11) is 4.07. The lowest BCUT2D eigenvalue weighted by atomic mass is 10.1. The highest BCUT2D eigenvalue weighted by molar-refractivity contribution is 6.04. The fourth-order valence-electron chi connectivity index (χ4n) is 3.28. The molecule has 0 bridgehead atoms. The summed E-state index contributed by atoms with van der Waals surface area (Å²) < 4.78 is 6.00. The number of carbonyl (C=O) groups excluding carboxylic acids is 1. The summed E-state index contributed by atoms with van der Waals surface area (Å²) in [4.78, 5) is 26.5. The second-order valence-electron chi connectivity index (χ2n) is 6.95. The lowest BCUT2D eigenvalue weighted by molar-refractivity contribution is 0.112. The predicted molar refractivity (Wildman–Crippen MR) is 111 cm³/mol. The molecular formula is C22H22N4O2. The van der Waals surface area contributed by atoms with E-state index in [0.29, 0.717) is 29.6 Å². The molecule has 0 aliphatic carbocycles. The van der Waals surface area contributed by atoms with Crippen molar-refractivity contribution in [3.8, 4) is 17.4 Å². The lowest BCUT2D eigenvalue weighted by Gasteiger charge is -2.12. The van der Waals surface area contributed by atoms with Crippen molar-refractivity contribution in [2.45, 2.75) is 6.42 Å². The molecule has 142 valence electrons. The highest BCUT2D eigenvalue weighted by Gasteiger charge is 2.17. The predicted octanol–water partition coefficient (Wildman–Crippen LogP) is 3.92. The number of nitrogens with zero attached hydrogens (tertiary/aromatic N) is 3. The van der Waals surface area contributed by atoms with Crippen LogP contribution in [0.1, 0.15) is 16.8 Å². The van der Waals surface area contributed by atoms with Gasteiger partial charge in [-0.15, -0.1) is 0 Å². The zero-order chi connectivity index (χ0) is 19.5. The molecule has 2 heterocycles. The van der Waals surface area contributed by atoms with Crippen LogP contribution in [0.5, 0.6) is 5.88 Å². The molecule has 2 aromatic heterocycles. The zero-order valence-electron chi connectivity index (χ0n) is 16.0. The Morgan fingerprint density at radius 2 is 1.79 bits per heavy atom. The number of benzene rings is 2. The van der Waals surface area contributed by atoms with Gasteiger partial charge in [0.05, 0.1) is 28.8 Å². The van der Waals surface area contributed by atoms with Crippen LogP contribution in [-0.4, -0.2) is 53.4 Å². The van der Waals surface area contributed by atoms with Crippen molar-refractivity contribution in [2.75, 3.05) is 27.2 Å². The van der Waals surface area contributed by atoms with E-state index in [-0.39, 0.29) is 0 Å². The van der Waals surface area contributed by atoms with Gasteiger partial charge in [-0.3, -0.25) is 4.79 Å². The van der Waals surface area contributed by atoms with Crippen molar-refractivity contribution in [1.82, 2.24) is 19.9 Å². The fraction of sp³-hybridized carbons (Fsp3) is 0.227. The molecule has 0 saturated carbocycles. The number of hydrogen-bond acceptors (Lipinski definition) is 5. The number of carbonyl (C=O) groups is 1. The topological polar surface area (TPSA) is 71.1 Å². The molecule has 6 heteroatoms. The van der Waals surface area contributed by atoms with Gasteiger partial charge in [-0.25, -0.2) is 4.98 Å². The molecule has 28 heavy (non-hydrogen) atoms. The molecule has 0 spiro atoms. The van der Waals surface area contributed by atoms with Crippen LogP contribution in [0.25, 0.3) is 33.3 Å². The van der Waals surface area contributed by atoms with Gasteiger partial charge in [-0.1, -0.05) is 30.3 Å². The first-order chi connectivity index (χ1) is 13.7. The van der Waals surface area contributed by atoms with Crippen LogP contribution >= 0.6 is 0 Å². The van der Waals surface area contributed by atoms with Crippen molar-refractivity contribution in [3.05, 3.63) is 54.1 Å². The third kappa shape index (κ3) is 3.46. The maximum atomic E-state index is 11.8. The Morgan fingerprint density at radius 1 is 1.04 bits per heavy atom. The van der Waals surface area contributed by atoms with Gasteiger partial charge < -0.3 is 14.6 Å². The van der Waals surface area contributed by atoms with E-state index in [1.54, 1.807) is 0 Å². The molecule has 4 rings (SSSR count). The third-order valence-electron chi connectivity index (χ3n) is 4.64. The number of aromatic nitrogens is 3. The Morgan fingerprint density at radius 3 is 2.57 bits per heavy atom. The SMILES string of the molecule is CN(C)CCCOc1nc(-c2[nH]c3ccccc3c2C=O)nc2ccccc12. The van der Waals surface area contributed by atoms with Gasteiger partial charge in [-0.2, -0.15) is 4.98 Å². The van der Waals surface area contributed by atoms with Gasteiger partial charge in [0.1, 0.15) is 0 Å². The van der Waals surface area contributed by atoms with Crippen molar-refractivity contribution in [2.24, 2.45) is 0 Å². The monoisotopic (exact) mass is 374 g/mol. The first kappa shape index (κ1) is 18.1. The maximum Gasteiger partial charge on any atom is 0.225 e. The van der Waals surface area contributed by atoms with E-state index in [1.165, 1.54) is 0 Å². The van der Waals surface area contributed by atoms with Crippen LogP contribution in [0.4, 0.5) is 0 Å². The third-order valence-corrected chi connectivity index (χ3v) is 4.64. The molecular weight excluding hydrogens is 352 g/mol. The number of para-hydroxylation sites is 2. The second kappa shape index (κ2) is 7.78. The summed E-state index contributed by atoms with van der Waals surface area (Å²) in [6.07, 6.45) is 1.75. The highest BCUT2D eigenvalue weighted by Crippen LogP contribution is 2.31. The molecule has 0 saturated heterocycles. The van der Waals surface area contributed by atoms with Gasteiger partial charge in [0.15, 0.2) is 12.1 Å². The summed E-state index contributed by atoms with van der Waals surface area (Å²) in [5.74, 6) is 0.995. The fourth-order valence-corrected chi connectivity index (χ4v) is 3.28. The molecule has 1 N–H and O–H groups in total. The number of rotatable bonds is 7. The number of aldehydes is 1. The Labute approximate surface area is 163 Å². The largest absolute Gasteiger partial charge is 0.477 e. The van der Waals surface area contributed by atoms with Gasteiger partial charge >= 0.3 is 0 Å². The van der Waals surface area contributed by atoms with Crippen molar-refractivity contribution >= 4 is 28.1 Å². The standard InChI is InChI=1S/C22H22N4O2/c1-26(2)12-7-13-28-22-16-9-4-6-11-19(16)24-21(25-22)20-17(14-27)15-8-3-5-10-18(15)23-20/h3-6,8-11,14,23H,7,12-13H2,1-2H3. The van der Waals surface area contributed by atoms with Gasteiger partial charge in [-0.05, 0) is 38.7 Å². The summed E-state index contributed by atoms with van der Waals surface area (Å²) in [6.45, 7) is 1.50. The lowest BCUT2D eigenvalue weighted by Crippen LogP contribution is -2.15. The molecule has 4 aromatic rings. The first-order valence-corrected chi connectivity index (χ1v) is 9.28. The number of hydrogen-bond donors (Lipinski definition) is 1. The number of aromatic amines is 1. The molecule has 0 unspecified atom stereocenters. The highest BCUT2D eigenvalue weighted by atomic mass is 16.5. The molecule has 0 fully saturated rings. The van der Waals surface area contributed by atoms with E-state index in [0.717, 1.165) is 41.1 Å². The number of fused-ring (bicyclic) bond motifs is 2. The van der Waals surface area contributed by atoms with E-state index in [9.17, 15) is 4.79 Å². The normalized spacial score (nSPS) is 11.4. The minimum atomic E-state index is 0.458. The minimum Gasteiger partial charge on any atom is -0.477 e. The molecule has 2 aromatic carbocycles. The molecule has 0 aliphatic heterocycles. The number of ether oxygens (including phenoxy) is 1. The molecule has 0 aliphatic rings. The number of H-pyrrole nitrogens is 1. The van der Waals surface area contributed by atoms with Crippen LogP contribution in [0.2, 0.25) is 0 Å². The quantitative estimate of drug-likeness (QED) is 0.392. The van der Waals surface area contributed by atoms with Gasteiger partial charge in [0.25, 0.3) is 0 Å². The summed E-state index contributed by atoms with van der Waals surface area (Å²) in [5.41, 5.74) is 2.83. The molecule has 0 radical (unpaired) electrons. The smallest absolute Gasteiger partial charge is 0.225 e. The van der Waals surface area contributed by atoms with E-state index in [2.05, 4.69) is 19.9 Å². The Balaban J connectivity index is 1.79. The second-order valence-corrected chi connectivity index (χ2v) is 6.95. The van der Waals surface area contributed by atoms with E-state index < -0.39 is 0 Å². The van der Waals surface area contributed by atoms with Crippen LogP contribution in [0.15, 0.2) is 48.5 Å². The average molecular weight is 374 g/mol. The van der Waals surface area contributed by atoms with Crippen molar-refractivity contribution in [1.29, 1.82) is 0 Å². The van der Waals surface area contributed by atoms with Gasteiger partial charge in [0, 0.05) is 17.4 Å². The van der Waals surface area contributed by atoms with E-state index in [4.69, 9.17) is 4.74 Å². The van der Waals surface area contributed by atoms with E-state index in [1.807, 2.05) is 62.6 Å². The van der Waals surface area contributed by atoms with Gasteiger partial charge in [0.2, 0.25) is 5.88 Å². The Bertz CT molecular complexity index is 1130. The molecule has 0 amide bonds. The van der Waals surface area contributed by atoms with Crippen molar-refractivity contribution in [3.63, 3.8) is 0 Å². The summed E-state index contributed by atoms with van der Waals surface area (Å²) >= 11 is 0. The van der Waals surface area contributed by atoms with E-state index >= 15 is 0 Å². The first-order valence-electron chi connectivity index (χ1n) is 9.28. The minimum absolute atomic E-state index is 0.458. The van der Waals surface area contributed by atoms with Crippen LogP contribution in [0.3, 0.4) is 0 Å². The maximum absolute atomic E-state index is 11.8. The molecule has 6 nitrogen and oxygen atoms in total. The van der Waals surface area contributed by atoms with Crippen LogP contribution in [0, 0.1) is 0 Å². The average Bonchev–Trinajstić information content (AvgIpc) is 3.09. The van der Waals surface area contributed by atoms with Crippen LogP contribution in [-0.2, 0) is 0 Å². The molecule has 0 atom stereocenters. The zero-order valence-corrected chi connectivity index (χ0v) is 16.0. The Hall–Kier alpha value is -3.25.